The Morgan fingerprint density at radius 3 is 3.15 bits per heavy atom. The molecule has 0 saturated carbocycles. The molecule has 0 aliphatic carbocycles. The molecule has 0 saturated heterocycles. The van der Waals surface area contributed by atoms with Crippen molar-refractivity contribution in [1.82, 2.24) is 8.94 Å². The maximum atomic E-state index is 4.42. The monoisotopic (exact) mass is 309 g/mol. The summed E-state index contributed by atoms with van der Waals surface area (Å²) in [4.78, 5) is 5.28. The van der Waals surface area contributed by atoms with Gasteiger partial charge in [0.25, 0.3) is 0 Å². The lowest BCUT2D eigenvalue weighted by Crippen LogP contribution is -2.23. The van der Waals surface area contributed by atoms with Crippen molar-refractivity contribution in [2.75, 3.05) is 11.5 Å². The van der Waals surface area contributed by atoms with Gasteiger partial charge in [-0.1, -0.05) is 29.5 Å². The minimum atomic E-state index is 0.399. The topological polar surface area (TPSA) is 30.2 Å². The quantitative estimate of drug-likeness (QED) is 0.571. The van der Waals surface area contributed by atoms with E-state index in [1.165, 1.54) is 21.8 Å². The van der Waals surface area contributed by atoms with Crippen molar-refractivity contribution in [3.8, 4) is 0 Å². The molecular formula is C8H12IN3S. The largest absolute Gasteiger partial charge is 0.303 e. The predicted octanol–water partition coefficient (Wildman–Crippen LogP) is 1.47. The molecule has 1 aliphatic rings. The third-order valence-electron chi connectivity index (χ3n) is 2.41. The van der Waals surface area contributed by atoms with Gasteiger partial charge in [-0.25, -0.2) is 0 Å². The Hall–Kier alpha value is 0.0900. The summed E-state index contributed by atoms with van der Waals surface area (Å²) >= 11 is 3.96. The summed E-state index contributed by atoms with van der Waals surface area (Å²) in [7, 11) is 1.83. The van der Waals surface area contributed by atoms with Crippen LogP contribution in [0.15, 0.2) is 4.99 Å². The zero-order valence-electron chi connectivity index (χ0n) is 7.75. The van der Waals surface area contributed by atoms with Gasteiger partial charge in [0.15, 0.2) is 0 Å². The van der Waals surface area contributed by atoms with Crippen molar-refractivity contribution in [3.05, 3.63) is 10.6 Å². The summed E-state index contributed by atoms with van der Waals surface area (Å²) < 4.78 is 7.85. The summed E-state index contributed by atoms with van der Waals surface area (Å²) in [6.45, 7) is 3.40. The average molecular weight is 309 g/mol. The van der Waals surface area contributed by atoms with Gasteiger partial charge in [0, 0.05) is 41.4 Å². The van der Waals surface area contributed by atoms with Gasteiger partial charge in [0.1, 0.15) is 5.82 Å². The van der Waals surface area contributed by atoms with Crippen LogP contribution in [0.1, 0.15) is 12.7 Å². The first kappa shape index (κ1) is 9.64. The van der Waals surface area contributed by atoms with E-state index in [-0.39, 0.29) is 0 Å². The standard InChI is InChI=1S/C8H12IN3S/c1-8(4-9)3-6-11-13-7(10-2)12(6)5-8/h3-5H2,1-2H3. The lowest BCUT2D eigenvalue weighted by Gasteiger charge is -2.18. The molecule has 1 aromatic heterocycles. The van der Waals surface area contributed by atoms with Gasteiger partial charge in [-0.2, -0.15) is 4.37 Å². The van der Waals surface area contributed by atoms with Gasteiger partial charge in [-0.15, -0.1) is 0 Å². The highest BCUT2D eigenvalue weighted by molar-refractivity contribution is 14.1. The van der Waals surface area contributed by atoms with Crippen LogP contribution in [0.3, 0.4) is 0 Å². The lowest BCUT2D eigenvalue weighted by molar-refractivity contribution is 0.372. The summed E-state index contributed by atoms with van der Waals surface area (Å²) in [5.41, 5.74) is 0.399. The van der Waals surface area contributed by atoms with Crippen LogP contribution >= 0.6 is 34.1 Å². The van der Waals surface area contributed by atoms with Crippen molar-refractivity contribution >= 4 is 34.1 Å². The van der Waals surface area contributed by atoms with Crippen LogP contribution < -0.4 is 4.80 Å². The Bertz CT molecular complexity index is 381. The summed E-state index contributed by atoms with van der Waals surface area (Å²) in [5.74, 6) is 1.21. The molecule has 3 nitrogen and oxygen atoms in total. The zero-order chi connectivity index (χ0) is 9.47. The van der Waals surface area contributed by atoms with E-state index in [1.54, 1.807) is 0 Å². The SMILES string of the molecule is CN=c1snc2n1CC(C)(CI)C2. The summed E-state index contributed by atoms with van der Waals surface area (Å²) in [6.07, 6.45) is 1.10. The predicted molar refractivity (Wildman–Crippen MR) is 62.3 cm³/mol. The molecule has 0 fully saturated rings. The zero-order valence-corrected chi connectivity index (χ0v) is 10.7. The van der Waals surface area contributed by atoms with Gasteiger partial charge < -0.3 is 4.57 Å². The van der Waals surface area contributed by atoms with E-state index in [1.807, 2.05) is 7.05 Å². The molecule has 0 aromatic carbocycles. The van der Waals surface area contributed by atoms with E-state index < -0.39 is 0 Å². The van der Waals surface area contributed by atoms with E-state index >= 15 is 0 Å². The number of hydrogen-bond acceptors (Lipinski definition) is 3. The minimum absolute atomic E-state index is 0.399. The van der Waals surface area contributed by atoms with Crippen molar-refractivity contribution in [3.63, 3.8) is 0 Å². The fourth-order valence-electron chi connectivity index (χ4n) is 1.66. The fraction of sp³-hybridized carbons (Fsp3) is 0.750. The highest BCUT2D eigenvalue weighted by atomic mass is 127. The highest BCUT2D eigenvalue weighted by Gasteiger charge is 2.33. The number of fused-ring (bicyclic) bond motifs is 1. The molecule has 0 bridgehead atoms. The molecule has 2 rings (SSSR count). The molecule has 0 radical (unpaired) electrons. The van der Waals surface area contributed by atoms with Crippen molar-refractivity contribution < 1.29 is 0 Å². The second-order valence-corrected chi connectivity index (χ2v) is 5.31. The number of alkyl halides is 1. The van der Waals surface area contributed by atoms with Gasteiger partial charge >= 0.3 is 0 Å². The van der Waals surface area contributed by atoms with E-state index in [9.17, 15) is 0 Å². The Morgan fingerprint density at radius 1 is 1.77 bits per heavy atom. The number of nitrogens with zero attached hydrogens (tertiary/aromatic N) is 3. The van der Waals surface area contributed by atoms with Crippen molar-refractivity contribution in [2.45, 2.75) is 19.9 Å². The van der Waals surface area contributed by atoms with Crippen LogP contribution in [-0.2, 0) is 13.0 Å². The van der Waals surface area contributed by atoms with Crippen molar-refractivity contribution in [2.24, 2.45) is 10.4 Å². The first-order valence-corrected chi connectivity index (χ1v) is 6.53. The number of halogens is 1. The molecular weight excluding hydrogens is 297 g/mol. The molecule has 1 unspecified atom stereocenters. The molecule has 2 heterocycles. The van der Waals surface area contributed by atoms with E-state index in [0.29, 0.717) is 5.41 Å². The maximum absolute atomic E-state index is 4.42. The third kappa shape index (κ3) is 1.56. The van der Waals surface area contributed by atoms with E-state index in [2.05, 4.69) is 43.4 Å². The fourth-order valence-corrected chi connectivity index (χ4v) is 2.87. The Labute approximate surface area is 95.2 Å². The van der Waals surface area contributed by atoms with Gasteiger partial charge in [-0.05, 0) is 0 Å². The molecule has 13 heavy (non-hydrogen) atoms. The molecule has 1 atom stereocenters. The van der Waals surface area contributed by atoms with Crippen LogP contribution in [0.5, 0.6) is 0 Å². The molecule has 5 heteroatoms. The average Bonchev–Trinajstić information content (AvgIpc) is 2.61. The van der Waals surface area contributed by atoms with E-state index in [4.69, 9.17) is 0 Å². The van der Waals surface area contributed by atoms with Crippen LogP contribution in [0.2, 0.25) is 0 Å². The van der Waals surface area contributed by atoms with Gasteiger partial charge in [0.2, 0.25) is 4.80 Å². The Morgan fingerprint density at radius 2 is 2.54 bits per heavy atom. The molecule has 1 aliphatic heterocycles. The molecule has 0 N–H and O–H groups in total. The second kappa shape index (κ2) is 3.34. The van der Waals surface area contributed by atoms with Crippen molar-refractivity contribution in [1.29, 1.82) is 0 Å². The number of rotatable bonds is 1. The maximum Gasteiger partial charge on any atom is 0.203 e. The van der Waals surface area contributed by atoms with Crippen LogP contribution in [0.4, 0.5) is 0 Å². The number of aromatic nitrogens is 2. The van der Waals surface area contributed by atoms with Gasteiger partial charge in [0.05, 0.1) is 0 Å². The normalized spacial score (nSPS) is 28.1. The molecule has 0 amide bonds. The second-order valence-electron chi connectivity index (χ2n) is 3.81. The molecule has 0 spiro atoms. The molecule has 72 valence electrons. The van der Waals surface area contributed by atoms with Crippen LogP contribution in [-0.4, -0.2) is 20.4 Å². The van der Waals surface area contributed by atoms with Crippen LogP contribution in [0.25, 0.3) is 0 Å². The van der Waals surface area contributed by atoms with Crippen LogP contribution in [0, 0.1) is 5.41 Å². The number of hydrogen-bond donors (Lipinski definition) is 0. The summed E-state index contributed by atoms with van der Waals surface area (Å²) in [6, 6.07) is 0. The summed E-state index contributed by atoms with van der Waals surface area (Å²) in [5, 5.41) is 0. The lowest BCUT2D eigenvalue weighted by atomic mass is 9.92. The van der Waals surface area contributed by atoms with E-state index in [0.717, 1.165) is 17.8 Å². The van der Waals surface area contributed by atoms with Gasteiger partial charge in [-0.3, -0.25) is 4.99 Å². The Kier molecular flexibility index (Phi) is 2.48. The first-order valence-electron chi connectivity index (χ1n) is 4.23. The smallest absolute Gasteiger partial charge is 0.203 e. The minimum Gasteiger partial charge on any atom is -0.303 e. The Balaban J connectivity index is 2.42. The highest BCUT2D eigenvalue weighted by Crippen LogP contribution is 2.32. The first-order chi connectivity index (χ1) is 6.18. The molecule has 1 aromatic rings. The third-order valence-corrected chi connectivity index (χ3v) is 5.12.